The summed E-state index contributed by atoms with van der Waals surface area (Å²) in [5.74, 6) is 0.695. The van der Waals surface area contributed by atoms with Gasteiger partial charge in [-0.05, 0) is 74.1 Å². The van der Waals surface area contributed by atoms with Crippen LogP contribution in [-0.4, -0.2) is 21.6 Å². The molecule has 5 heteroatoms. The Morgan fingerprint density at radius 1 is 1.14 bits per heavy atom. The van der Waals surface area contributed by atoms with Crippen molar-refractivity contribution in [2.45, 2.75) is 51.5 Å². The summed E-state index contributed by atoms with van der Waals surface area (Å²) in [7, 11) is -2.12. The van der Waals surface area contributed by atoms with E-state index in [4.69, 9.17) is 4.74 Å². The maximum Gasteiger partial charge on any atom is 0.241 e. The second-order valence-electron chi connectivity index (χ2n) is 6.84. The Bertz CT molecular complexity index is 973. The maximum atomic E-state index is 13.2. The third-order valence-electron chi connectivity index (χ3n) is 4.69. The lowest BCUT2D eigenvalue weighted by atomic mass is 10.1. The predicted molar refractivity (Wildman–Crippen MR) is 114 cm³/mol. The van der Waals surface area contributed by atoms with Gasteiger partial charge in [0.2, 0.25) is 10.0 Å². The molecule has 0 saturated carbocycles. The molecule has 0 radical (unpaired) electrons. The molecule has 0 aliphatic heterocycles. The summed E-state index contributed by atoms with van der Waals surface area (Å²) in [5.41, 5.74) is 6.35. The zero-order chi connectivity index (χ0) is 20.7. The van der Waals surface area contributed by atoms with E-state index >= 15 is 0 Å². The van der Waals surface area contributed by atoms with Gasteiger partial charge in [0.05, 0.1) is 18.0 Å². The molecule has 150 valence electrons. The highest BCUT2D eigenvalue weighted by atomic mass is 32.2. The molecule has 0 saturated heterocycles. The van der Waals surface area contributed by atoms with Gasteiger partial charge in [0.25, 0.3) is 0 Å². The van der Waals surface area contributed by atoms with Crippen molar-refractivity contribution in [2.75, 3.05) is 7.11 Å². The summed E-state index contributed by atoms with van der Waals surface area (Å²) in [6, 6.07) is 11.2. The van der Waals surface area contributed by atoms with E-state index in [1.807, 2.05) is 57.2 Å². The van der Waals surface area contributed by atoms with Crippen molar-refractivity contribution >= 4 is 10.0 Å². The van der Waals surface area contributed by atoms with Crippen LogP contribution in [0, 0.1) is 20.8 Å². The second-order valence-corrected chi connectivity index (χ2v) is 8.49. The van der Waals surface area contributed by atoms with Crippen LogP contribution in [0.25, 0.3) is 0 Å². The van der Waals surface area contributed by atoms with E-state index in [1.54, 1.807) is 26.2 Å². The molecule has 1 atom stereocenters. The number of rotatable bonds is 8. The van der Waals surface area contributed by atoms with E-state index in [2.05, 4.69) is 10.5 Å². The molecule has 2 aromatic carbocycles. The third-order valence-corrected chi connectivity index (χ3v) is 6.47. The zero-order valence-corrected chi connectivity index (χ0v) is 18.1. The Labute approximate surface area is 169 Å². The van der Waals surface area contributed by atoms with Gasteiger partial charge in [-0.25, -0.2) is 13.1 Å². The van der Waals surface area contributed by atoms with Gasteiger partial charge in [0.15, 0.2) is 0 Å². The highest BCUT2D eigenvalue weighted by molar-refractivity contribution is 7.89. The molecule has 2 aromatic rings. The van der Waals surface area contributed by atoms with Crippen molar-refractivity contribution in [3.8, 4) is 5.75 Å². The van der Waals surface area contributed by atoms with Crippen molar-refractivity contribution in [3.63, 3.8) is 0 Å². The second kappa shape index (κ2) is 9.74. The van der Waals surface area contributed by atoms with Crippen molar-refractivity contribution in [1.29, 1.82) is 0 Å². The molecule has 1 N–H and O–H groups in total. The van der Waals surface area contributed by atoms with Crippen LogP contribution in [-0.2, 0) is 16.4 Å². The first-order chi connectivity index (χ1) is 13.3. The van der Waals surface area contributed by atoms with Gasteiger partial charge in [-0.15, -0.1) is 5.73 Å². The zero-order valence-electron chi connectivity index (χ0n) is 17.2. The van der Waals surface area contributed by atoms with Crippen LogP contribution in [0.4, 0.5) is 0 Å². The summed E-state index contributed by atoms with van der Waals surface area (Å²) in [5, 5.41) is 0. The van der Waals surface area contributed by atoms with Gasteiger partial charge >= 0.3 is 0 Å². The molecule has 0 aromatic heterocycles. The third kappa shape index (κ3) is 5.35. The Morgan fingerprint density at radius 2 is 1.82 bits per heavy atom. The van der Waals surface area contributed by atoms with Gasteiger partial charge in [-0.1, -0.05) is 37.3 Å². The van der Waals surface area contributed by atoms with Crippen molar-refractivity contribution < 1.29 is 13.2 Å². The monoisotopic (exact) mass is 399 g/mol. The largest absolute Gasteiger partial charge is 0.496 e. The fourth-order valence-electron chi connectivity index (χ4n) is 3.21. The molecule has 0 unspecified atom stereocenters. The molecule has 28 heavy (non-hydrogen) atoms. The number of benzene rings is 2. The number of methoxy groups -OCH3 is 1. The number of ether oxygens (including phenoxy) is 1. The van der Waals surface area contributed by atoms with Crippen LogP contribution in [0.1, 0.15) is 35.6 Å². The fraction of sp³-hybridized carbons (Fsp3) is 0.348. The Kier molecular flexibility index (Phi) is 7.64. The molecule has 0 amide bonds. The van der Waals surface area contributed by atoms with Crippen molar-refractivity contribution in [3.05, 3.63) is 76.5 Å². The quantitative estimate of drug-likeness (QED) is 0.659. The number of hydrogen-bond donors (Lipinski definition) is 1. The topological polar surface area (TPSA) is 55.4 Å². The molecule has 0 aliphatic rings. The molecule has 2 rings (SSSR count). The maximum absolute atomic E-state index is 13.2. The van der Waals surface area contributed by atoms with Crippen LogP contribution in [0.3, 0.4) is 0 Å². The molecule has 0 spiro atoms. The van der Waals surface area contributed by atoms with Crippen molar-refractivity contribution in [1.82, 2.24) is 4.72 Å². The van der Waals surface area contributed by atoms with E-state index in [9.17, 15) is 8.42 Å². The lowest BCUT2D eigenvalue weighted by molar-refractivity contribution is 0.410. The smallest absolute Gasteiger partial charge is 0.241 e. The molecule has 0 bridgehead atoms. The number of nitrogens with one attached hydrogen (secondary N) is 1. The molecule has 0 aliphatic carbocycles. The van der Waals surface area contributed by atoms with Gasteiger partial charge in [-0.3, -0.25) is 0 Å². The van der Waals surface area contributed by atoms with Gasteiger partial charge < -0.3 is 4.74 Å². The first kappa shape index (κ1) is 22.0. The normalized spacial score (nSPS) is 12.2. The average Bonchev–Trinajstić information content (AvgIpc) is 2.65. The average molecular weight is 400 g/mol. The van der Waals surface area contributed by atoms with Crippen LogP contribution in [0.15, 0.2) is 59.2 Å². The Hall–Kier alpha value is -2.33. The summed E-state index contributed by atoms with van der Waals surface area (Å²) in [4.78, 5) is 0.316. The van der Waals surface area contributed by atoms with E-state index in [1.165, 1.54) is 0 Å². The molecular formula is C23H29NO3S. The van der Waals surface area contributed by atoms with Gasteiger partial charge in [0.1, 0.15) is 5.75 Å². The first-order valence-electron chi connectivity index (χ1n) is 9.42. The minimum Gasteiger partial charge on any atom is -0.496 e. The fourth-order valence-corrected chi connectivity index (χ4v) is 4.92. The number of hydrogen-bond acceptors (Lipinski definition) is 3. The molecule has 0 heterocycles. The van der Waals surface area contributed by atoms with Crippen molar-refractivity contribution in [2.24, 2.45) is 0 Å². The highest BCUT2D eigenvalue weighted by Crippen LogP contribution is 2.30. The summed E-state index contributed by atoms with van der Waals surface area (Å²) in [6.45, 7) is 7.50. The summed E-state index contributed by atoms with van der Waals surface area (Å²) in [6.07, 6.45) is 5.07. The lowest BCUT2D eigenvalue weighted by Gasteiger charge is -2.20. The van der Waals surface area contributed by atoms with E-state index in [-0.39, 0.29) is 0 Å². The number of aryl methyl sites for hydroxylation is 1. The first-order valence-corrected chi connectivity index (χ1v) is 10.9. The summed E-state index contributed by atoms with van der Waals surface area (Å²) < 4.78 is 34.7. The van der Waals surface area contributed by atoms with Crippen LogP contribution in [0.2, 0.25) is 0 Å². The minimum atomic E-state index is -3.72. The minimum absolute atomic E-state index is 0.316. The van der Waals surface area contributed by atoms with Gasteiger partial charge in [0, 0.05) is 0 Å². The van der Waals surface area contributed by atoms with Crippen LogP contribution >= 0.6 is 0 Å². The standard InChI is InChI=1S/C23H29NO3S/c1-6-7-9-14-21(16-20-12-10-8-11-13-20)24-28(25,26)23-17(2)15-22(27-5)18(3)19(23)4/h7-8,10-15,21,24H,6,16H2,1-5H3/t9?,21-/m1/s1. The Morgan fingerprint density at radius 3 is 2.43 bits per heavy atom. The van der Waals surface area contributed by atoms with Crippen LogP contribution < -0.4 is 9.46 Å². The highest BCUT2D eigenvalue weighted by Gasteiger charge is 2.25. The van der Waals surface area contributed by atoms with E-state index in [0.29, 0.717) is 28.2 Å². The predicted octanol–water partition coefficient (Wildman–Crippen LogP) is 4.63. The Balaban J connectivity index is 2.42. The SMILES string of the molecule is CCC=C=C[C@H](Cc1ccccc1)NS(=O)(=O)c1c(C)cc(OC)c(C)c1C. The van der Waals surface area contributed by atoms with Crippen LogP contribution in [0.5, 0.6) is 5.75 Å². The van der Waals surface area contributed by atoms with E-state index in [0.717, 1.165) is 17.5 Å². The lowest BCUT2D eigenvalue weighted by Crippen LogP contribution is -2.35. The molecule has 4 nitrogen and oxygen atoms in total. The summed E-state index contributed by atoms with van der Waals surface area (Å²) >= 11 is 0. The number of sulfonamides is 1. The van der Waals surface area contributed by atoms with Gasteiger partial charge in [-0.2, -0.15) is 0 Å². The van der Waals surface area contributed by atoms with E-state index < -0.39 is 16.1 Å². The molecule has 0 fully saturated rings. The molecular weight excluding hydrogens is 370 g/mol.